The Morgan fingerprint density at radius 1 is 1.14 bits per heavy atom. The molecule has 28 heavy (non-hydrogen) atoms. The van der Waals surface area contributed by atoms with E-state index in [9.17, 15) is 4.79 Å². The Labute approximate surface area is 166 Å². The molecule has 0 aromatic carbocycles. The molecule has 0 spiro atoms. The molecule has 0 saturated carbocycles. The molecule has 2 aliphatic rings. The van der Waals surface area contributed by atoms with Gasteiger partial charge in [-0.25, -0.2) is 9.97 Å². The maximum atomic E-state index is 12.8. The van der Waals surface area contributed by atoms with E-state index in [1.54, 1.807) is 6.20 Å². The summed E-state index contributed by atoms with van der Waals surface area (Å²) in [6.07, 6.45) is 11.4. The fourth-order valence-corrected chi connectivity index (χ4v) is 4.38. The lowest BCUT2D eigenvalue weighted by molar-refractivity contribution is 0.0722. The molecule has 2 aromatic rings. The zero-order valence-electron chi connectivity index (χ0n) is 17.0. The molecule has 4 rings (SSSR count). The van der Waals surface area contributed by atoms with Gasteiger partial charge in [0.2, 0.25) is 0 Å². The SMILES string of the molecule is Cc1nc([C@@H]2CCCN(Cc3cnn(C)c3)C2)ncc1C(=O)N1CCCCC1. The molecule has 0 radical (unpaired) electrons. The predicted molar refractivity (Wildman–Crippen MR) is 107 cm³/mol. The number of aryl methyl sites for hydroxylation is 2. The van der Waals surface area contributed by atoms with Crippen molar-refractivity contribution in [2.45, 2.75) is 51.5 Å². The zero-order chi connectivity index (χ0) is 19.5. The number of likely N-dealkylation sites (tertiary alicyclic amines) is 2. The number of carbonyl (C=O) groups excluding carboxylic acids is 1. The number of piperidine rings is 2. The summed E-state index contributed by atoms with van der Waals surface area (Å²) in [4.78, 5) is 26.6. The van der Waals surface area contributed by atoms with Gasteiger partial charge in [0, 0.05) is 57.1 Å². The molecular formula is C21H30N6O. The fourth-order valence-electron chi connectivity index (χ4n) is 4.38. The van der Waals surface area contributed by atoms with Crippen molar-refractivity contribution >= 4 is 5.91 Å². The third-order valence-corrected chi connectivity index (χ3v) is 5.91. The van der Waals surface area contributed by atoms with E-state index in [2.05, 4.69) is 21.2 Å². The summed E-state index contributed by atoms with van der Waals surface area (Å²) < 4.78 is 1.85. The number of aromatic nitrogens is 4. The molecule has 2 saturated heterocycles. The summed E-state index contributed by atoms with van der Waals surface area (Å²) in [7, 11) is 1.95. The normalized spacial score (nSPS) is 21.1. The highest BCUT2D eigenvalue weighted by Crippen LogP contribution is 2.26. The number of hydrogen-bond donors (Lipinski definition) is 0. The van der Waals surface area contributed by atoms with Gasteiger partial charge in [-0.05, 0) is 45.6 Å². The maximum absolute atomic E-state index is 12.8. The molecule has 2 fully saturated rings. The fraction of sp³-hybridized carbons (Fsp3) is 0.619. The van der Waals surface area contributed by atoms with Gasteiger partial charge >= 0.3 is 0 Å². The van der Waals surface area contributed by atoms with Gasteiger partial charge in [0.1, 0.15) is 5.82 Å². The van der Waals surface area contributed by atoms with Crippen molar-refractivity contribution in [3.63, 3.8) is 0 Å². The van der Waals surface area contributed by atoms with Crippen LogP contribution in [0.1, 0.15) is 65.5 Å². The molecule has 1 atom stereocenters. The largest absolute Gasteiger partial charge is 0.339 e. The van der Waals surface area contributed by atoms with Crippen molar-refractivity contribution in [2.75, 3.05) is 26.2 Å². The van der Waals surface area contributed by atoms with Crippen molar-refractivity contribution in [1.29, 1.82) is 0 Å². The third-order valence-electron chi connectivity index (χ3n) is 5.91. The van der Waals surface area contributed by atoms with E-state index in [1.165, 1.54) is 12.0 Å². The van der Waals surface area contributed by atoms with Crippen LogP contribution >= 0.6 is 0 Å². The van der Waals surface area contributed by atoms with Gasteiger partial charge in [-0.15, -0.1) is 0 Å². The predicted octanol–water partition coefficient (Wildman–Crippen LogP) is 2.52. The topological polar surface area (TPSA) is 67.2 Å². The van der Waals surface area contributed by atoms with Crippen LogP contribution in [-0.2, 0) is 13.6 Å². The smallest absolute Gasteiger partial charge is 0.257 e. The first-order chi connectivity index (χ1) is 13.6. The molecule has 7 heteroatoms. The Bertz CT molecular complexity index is 826. The molecule has 0 unspecified atom stereocenters. The Kier molecular flexibility index (Phi) is 5.71. The zero-order valence-corrected chi connectivity index (χ0v) is 17.0. The number of carbonyl (C=O) groups is 1. The van der Waals surface area contributed by atoms with Crippen molar-refractivity contribution in [3.05, 3.63) is 41.2 Å². The summed E-state index contributed by atoms with van der Waals surface area (Å²) in [6, 6.07) is 0. The van der Waals surface area contributed by atoms with E-state index in [-0.39, 0.29) is 5.91 Å². The van der Waals surface area contributed by atoms with Crippen LogP contribution in [0.3, 0.4) is 0 Å². The first-order valence-electron chi connectivity index (χ1n) is 10.4. The maximum Gasteiger partial charge on any atom is 0.257 e. The van der Waals surface area contributed by atoms with Crippen LogP contribution in [-0.4, -0.2) is 61.6 Å². The van der Waals surface area contributed by atoms with Crippen LogP contribution in [0.2, 0.25) is 0 Å². The van der Waals surface area contributed by atoms with E-state index in [4.69, 9.17) is 4.98 Å². The number of hydrogen-bond acceptors (Lipinski definition) is 5. The second kappa shape index (κ2) is 8.39. The van der Waals surface area contributed by atoms with Crippen molar-refractivity contribution in [3.8, 4) is 0 Å². The standard InChI is InChI=1S/C21H30N6O/c1-16-19(21(28)27-9-4-3-5-10-27)12-22-20(24-16)18-7-6-8-26(15-18)14-17-11-23-25(2)13-17/h11-13,18H,3-10,14-15H2,1-2H3/t18-/m1/s1. The van der Waals surface area contributed by atoms with Crippen LogP contribution in [0.4, 0.5) is 0 Å². The summed E-state index contributed by atoms with van der Waals surface area (Å²) >= 11 is 0. The molecule has 0 aliphatic carbocycles. The number of nitrogens with zero attached hydrogens (tertiary/aromatic N) is 6. The van der Waals surface area contributed by atoms with Crippen LogP contribution in [0.25, 0.3) is 0 Å². The second-order valence-electron chi connectivity index (χ2n) is 8.18. The lowest BCUT2D eigenvalue weighted by Crippen LogP contribution is -2.36. The first kappa shape index (κ1) is 19.1. The van der Waals surface area contributed by atoms with E-state index in [0.717, 1.165) is 69.9 Å². The minimum atomic E-state index is 0.0885. The molecule has 2 aromatic heterocycles. The average Bonchev–Trinajstić information content (AvgIpc) is 3.13. The Morgan fingerprint density at radius 3 is 2.68 bits per heavy atom. The molecule has 150 valence electrons. The van der Waals surface area contributed by atoms with E-state index >= 15 is 0 Å². The molecule has 4 heterocycles. The minimum absolute atomic E-state index is 0.0885. The highest BCUT2D eigenvalue weighted by Gasteiger charge is 2.26. The van der Waals surface area contributed by atoms with Gasteiger partial charge < -0.3 is 4.90 Å². The van der Waals surface area contributed by atoms with Gasteiger partial charge in [-0.3, -0.25) is 14.4 Å². The molecule has 0 bridgehead atoms. The van der Waals surface area contributed by atoms with Crippen molar-refractivity contribution < 1.29 is 4.79 Å². The van der Waals surface area contributed by atoms with Crippen molar-refractivity contribution in [2.24, 2.45) is 7.05 Å². The second-order valence-corrected chi connectivity index (χ2v) is 8.18. The molecule has 7 nitrogen and oxygen atoms in total. The van der Waals surface area contributed by atoms with Gasteiger partial charge in [-0.1, -0.05) is 0 Å². The third kappa shape index (κ3) is 4.24. The van der Waals surface area contributed by atoms with E-state index in [1.807, 2.05) is 29.7 Å². The molecular weight excluding hydrogens is 352 g/mol. The monoisotopic (exact) mass is 382 g/mol. The Hall–Kier alpha value is -2.28. The average molecular weight is 383 g/mol. The Morgan fingerprint density at radius 2 is 1.96 bits per heavy atom. The lowest BCUT2D eigenvalue weighted by atomic mass is 9.96. The van der Waals surface area contributed by atoms with Gasteiger partial charge in [0.15, 0.2) is 0 Å². The minimum Gasteiger partial charge on any atom is -0.339 e. The van der Waals surface area contributed by atoms with Gasteiger partial charge in [-0.2, -0.15) is 5.10 Å². The molecule has 1 amide bonds. The van der Waals surface area contributed by atoms with Crippen LogP contribution < -0.4 is 0 Å². The highest BCUT2D eigenvalue weighted by molar-refractivity contribution is 5.95. The molecule has 2 aliphatic heterocycles. The number of rotatable bonds is 4. The van der Waals surface area contributed by atoms with Crippen LogP contribution in [0.5, 0.6) is 0 Å². The van der Waals surface area contributed by atoms with E-state index < -0.39 is 0 Å². The summed E-state index contributed by atoms with van der Waals surface area (Å²) in [5, 5.41) is 4.26. The van der Waals surface area contributed by atoms with Crippen molar-refractivity contribution in [1.82, 2.24) is 29.5 Å². The van der Waals surface area contributed by atoms with Gasteiger partial charge in [0.05, 0.1) is 17.5 Å². The van der Waals surface area contributed by atoms with E-state index in [0.29, 0.717) is 11.5 Å². The van der Waals surface area contributed by atoms with Crippen LogP contribution in [0, 0.1) is 6.92 Å². The van der Waals surface area contributed by atoms with Gasteiger partial charge in [0.25, 0.3) is 5.91 Å². The quantitative estimate of drug-likeness (QED) is 0.813. The first-order valence-corrected chi connectivity index (χ1v) is 10.4. The Balaban J connectivity index is 1.43. The summed E-state index contributed by atoms with van der Waals surface area (Å²) in [5.41, 5.74) is 2.71. The molecule has 0 N–H and O–H groups in total. The lowest BCUT2D eigenvalue weighted by Gasteiger charge is -2.32. The summed E-state index contributed by atoms with van der Waals surface area (Å²) in [6.45, 7) is 6.61. The summed E-state index contributed by atoms with van der Waals surface area (Å²) in [5.74, 6) is 1.29. The van der Waals surface area contributed by atoms with Crippen LogP contribution in [0.15, 0.2) is 18.6 Å². The number of amides is 1. The highest BCUT2D eigenvalue weighted by atomic mass is 16.2.